The molecule has 0 amide bonds. The molecule has 0 unspecified atom stereocenters. The van der Waals surface area contributed by atoms with Crippen LogP contribution in [0.2, 0.25) is 0 Å². The average Bonchev–Trinajstić information content (AvgIpc) is 2.97. The lowest BCUT2D eigenvalue weighted by molar-refractivity contribution is 0.327. The van der Waals surface area contributed by atoms with Gasteiger partial charge in [-0.25, -0.2) is 0 Å². The Labute approximate surface area is 123 Å². The molecule has 0 fully saturated rings. The van der Waals surface area contributed by atoms with Gasteiger partial charge >= 0.3 is 0 Å². The van der Waals surface area contributed by atoms with Crippen molar-refractivity contribution in [1.82, 2.24) is 4.57 Å². The fraction of sp³-hybridized carbons (Fsp3) is 0.176. The summed E-state index contributed by atoms with van der Waals surface area (Å²) in [6.07, 6.45) is 2.02. The highest BCUT2D eigenvalue weighted by molar-refractivity contribution is 5.92. The first-order valence-corrected chi connectivity index (χ1v) is 6.65. The Kier molecular flexibility index (Phi) is 3.44. The number of fused-ring (bicyclic) bond motifs is 1. The summed E-state index contributed by atoms with van der Waals surface area (Å²) in [5.74, 6) is 1.94. The van der Waals surface area contributed by atoms with Gasteiger partial charge in [-0.1, -0.05) is 18.2 Å². The van der Waals surface area contributed by atoms with E-state index in [1.165, 1.54) is 0 Å². The first kappa shape index (κ1) is 13.4. The van der Waals surface area contributed by atoms with Gasteiger partial charge in [-0.2, -0.15) is 0 Å². The maximum Gasteiger partial charge on any atom is 0.204 e. The van der Waals surface area contributed by atoms with Gasteiger partial charge in [-0.15, -0.1) is 0 Å². The lowest BCUT2D eigenvalue weighted by Gasteiger charge is -2.14. The van der Waals surface area contributed by atoms with E-state index in [1.54, 1.807) is 21.3 Å². The molecule has 1 aromatic heterocycles. The number of ether oxygens (including phenoxy) is 3. The van der Waals surface area contributed by atoms with Gasteiger partial charge in [0.15, 0.2) is 11.5 Å². The lowest BCUT2D eigenvalue weighted by Crippen LogP contribution is -1.97. The van der Waals surface area contributed by atoms with Crippen LogP contribution in [0.5, 0.6) is 17.2 Å². The summed E-state index contributed by atoms with van der Waals surface area (Å²) in [5, 5.41) is 0.985. The lowest BCUT2D eigenvalue weighted by atomic mass is 10.2. The van der Waals surface area contributed by atoms with Crippen LogP contribution in [0.15, 0.2) is 48.7 Å². The predicted octanol–water partition coefficient (Wildman–Crippen LogP) is 3.66. The Morgan fingerprint density at radius 3 is 2.14 bits per heavy atom. The summed E-state index contributed by atoms with van der Waals surface area (Å²) in [4.78, 5) is 0. The number of rotatable bonds is 4. The summed E-state index contributed by atoms with van der Waals surface area (Å²) in [7, 11) is 4.87. The Bertz CT molecular complexity index is 763. The highest BCUT2D eigenvalue weighted by atomic mass is 16.5. The molecule has 0 atom stereocenters. The predicted molar refractivity (Wildman–Crippen MR) is 82.9 cm³/mol. The second-order valence-electron chi connectivity index (χ2n) is 4.60. The SMILES string of the molecule is COc1cc2c(ccn2-c2ccccc2)c(OC)c1OC. The van der Waals surface area contributed by atoms with E-state index in [9.17, 15) is 0 Å². The van der Waals surface area contributed by atoms with Crippen LogP contribution < -0.4 is 14.2 Å². The van der Waals surface area contributed by atoms with Crippen molar-refractivity contribution in [3.8, 4) is 22.9 Å². The molecule has 21 heavy (non-hydrogen) atoms. The van der Waals surface area contributed by atoms with Crippen LogP contribution in [0.1, 0.15) is 0 Å². The van der Waals surface area contributed by atoms with Crippen LogP contribution in [-0.2, 0) is 0 Å². The minimum Gasteiger partial charge on any atom is -0.493 e. The van der Waals surface area contributed by atoms with Crippen molar-refractivity contribution in [2.45, 2.75) is 0 Å². The van der Waals surface area contributed by atoms with Gasteiger partial charge < -0.3 is 18.8 Å². The molecule has 0 bridgehead atoms. The van der Waals surface area contributed by atoms with Crippen LogP contribution in [0, 0.1) is 0 Å². The van der Waals surface area contributed by atoms with Crippen LogP contribution in [0.25, 0.3) is 16.6 Å². The zero-order chi connectivity index (χ0) is 14.8. The summed E-state index contributed by atoms with van der Waals surface area (Å²) in [6.45, 7) is 0. The largest absolute Gasteiger partial charge is 0.493 e. The molecular weight excluding hydrogens is 266 g/mol. The molecule has 0 saturated carbocycles. The van der Waals surface area contributed by atoms with Crippen LogP contribution in [-0.4, -0.2) is 25.9 Å². The Morgan fingerprint density at radius 1 is 0.810 bits per heavy atom. The van der Waals surface area contributed by atoms with E-state index in [4.69, 9.17) is 14.2 Å². The number of para-hydroxylation sites is 1. The highest BCUT2D eigenvalue weighted by Crippen LogP contribution is 2.44. The van der Waals surface area contributed by atoms with Crippen molar-refractivity contribution >= 4 is 10.9 Å². The molecule has 0 aliphatic heterocycles. The number of nitrogens with zero attached hydrogens (tertiary/aromatic N) is 1. The van der Waals surface area contributed by atoms with Crippen molar-refractivity contribution in [2.24, 2.45) is 0 Å². The standard InChI is InChI=1S/C17H17NO3/c1-19-15-11-14-13(16(20-2)17(15)21-3)9-10-18(14)12-7-5-4-6-8-12/h4-11H,1-3H3. The smallest absolute Gasteiger partial charge is 0.204 e. The van der Waals surface area contributed by atoms with Crippen molar-refractivity contribution in [1.29, 1.82) is 0 Å². The average molecular weight is 283 g/mol. The third-order valence-electron chi connectivity index (χ3n) is 3.53. The summed E-state index contributed by atoms with van der Waals surface area (Å²) in [6, 6.07) is 14.1. The molecule has 1 heterocycles. The van der Waals surface area contributed by atoms with Crippen LogP contribution >= 0.6 is 0 Å². The monoisotopic (exact) mass is 283 g/mol. The van der Waals surface area contributed by atoms with Crippen molar-refractivity contribution in [3.05, 3.63) is 48.7 Å². The van der Waals surface area contributed by atoms with E-state index in [2.05, 4.69) is 16.7 Å². The summed E-state index contributed by atoms with van der Waals surface area (Å²) < 4.78 is 18.5. The minimum atomic E-state index is 0.610. The van der Waals surface area contributed by atoms with E-state index in [0.29, 0.717) is 17.2 Å². The van der Waals surface area contributed by atoms with Crippen LogP contribution in [0.4, 0.5) is 0 Å². The van der Waals surface area contributed by atoms with Crippen molar-refractivity contribution < 1.29 is 14.2 Å². The number of hydrogen-bond donors (Lipinski definition) is 0. The third kappa shape index (κ3) is 2.09. The van der Waals surface area contributed by atoms with Crippen LogP contribution in [0.3, 0.4) is 0 Å². The first-order valence-electron chi connectivity index (χ1n) is 6.65. The van der Waals surface area contributed by atoms with E-state index in [0.717, 1.165) is 16.6 Å². The number of methoxy groups -OCH3 is 3. The quantitative estimate of drug-likeness (QED) is 0.732. The first-order chi connectivity index (χ1) is 10.3. The number of hydrogen-bond acceptors (Lipinski definition) is 3. The van der Waals surface area contributed by atoms with E-state index >= 15 is 0 Å². The molecule has 2 aromatic carbocycles. The van der Waals surface area contributed by atoms with E-state index in [1.807, 2.05) is 36.5 Å². The van der Waals surface area contributed by atoms with Gasteiger partial charge in [0, 0.05) is 23.3 Å². The fourth-order valence-corrected chi connectivity index (χ4v) is 2.57. The highest BCUT2D eigenvalue weighted by Gasteiger charge is 2.18. The number of benzene rings is 2. The van der Waals surface area contributed by atoms with Gasteiger partial charge in [0.05, 0.1) is 26.8 Å². The zero-order valence-electron chi connectivity index (χ0n) is 12.3. The molecule has 4 heteroatoms. The van der Waals surface area contributed by atoms with Crippen molar-refractivity contribution in [2.75, 3.05) is 21.3 Å². The minimum absolute atomic E-state index is 0.610. The molecule has 3 aromatic rings. The van der Waals surface area contributed by atoms with Gasteiger partial charge in [0.1, 0.15) is 0 Å². The zero-order valence-corrected chi connectivity index (χ0v) is 12.3. The fourth-order valence-electron chi connectivity index (χ4n) is 2.57. The molecule has 3 rings (SSSR count). The second kappa shape index (κ2) is 5.40. The summed E-state index contributed by atoms with van der Waals surface area (Å²) in [5.41, 5.74) is 2.09. The van der Waals surface area contributed by atoms with E-state index < -0.39 is 0 Å². The van der Waals surface area contributed by atoms with Gasteiger partial charge in [0.25, 0.3) is 0 Å². The molecular formula is C17H17NO3. The molecule has 0 aliphatic rings. The third-order valence-corrected chi connectivity index (χ3v) is 3.53. The van der Waals surface area contributed by atoms with Gasteiger partial charge in [-0.3, -0.25) is 0 Å². The maximum atomic E-state index is 5.52. The second-order valence-corrected chi connectivity index (χ2v) is 4.60. The topological polar surface area (TPSA) is 32.6 Å². The molecule has 0 N–H and O–H groups in total. The number of aromatic nitrogens is 1. The van der Waals surface area contributed by atoms with Crippen molar-refractivity contribution in [3.63, 3.8) is 0 Å². The molecule has 108 valence electrons. The molecule has 0 radical (unpaired) electrons. The van der Waals surface area contributed by atoms with Gasteiger partial charge in [0.2, 0.25) is 5.75 Å². The Balaban J connectivity index is 2.32. The normalized spacial score (nSPS) is 10.6. The molecule has 0 aliphatic carbocycles. The maximum absolute atomic E-state index is 5.52. The molecule has 0 saturated heterocycles. The summed E-state index contributed by atoms with van der Waals surface area (Å²) >= 11 is 0. The molecule has 0 spiro atoms. The Morgan fingerprint density at radius 2 is 1.52 bits per heavy atom. The van der Waals surface area contributed by atoms with E-state index in [-0.39, 0.29) is 0 Å². The molecule has 4 nitrogen and oxygen atoms in total. The Hall–Kier alpha value is -2.62. The van der Waals surface area contributed by atoms with Gasteiger partial charge in [-0.05, 0) is 18.2 Å².